The van der Waals surface area contributed by atoms with Gasteiger partial charge in [0.25, 0.3) is 0 Å². The fourth-order valence-corrected chi connectivity index (χ4v) is 3.39. The maximum atomic E-state index is 12.3. The summed E-state index contributed by atoms with van der Waals surface area (Å²) in [5, 5.41) is 4.64. The van der Waals surface area contributed by atoms with Crippen LogP contribution in [-0.2, 0) is 16.7 Å². The first-order valence-corrected chi connectivity index (χ1v) is 10.0. The van der Waals surface area contributed by atoms with Gasteiger partial charge in [-0.15, -0.1) is 11.3 Å². The van der Waals surface area contributed by atoms with Gasteiger partial charge >= 0.3 is 6.09 Å². The maximum absolute atomic E-state index is 12.3. The molecule has 142 valence electrons. The molecule has 1 aliphatic carbocycles. The topological polar surface area (TPSA) is 54.5 Å². The zero-order chi connectivity index (χ0) is 18.7. The van der Waals surface area contributed by atoms with Crippen molar-refractivity contribution in [3.63, 3.8) is 0 Å². The van der Waals surface area contributed by atoms with Gasteiger partial charge in [-0.2, -0.15) is 0 Å². The third kappa shape index (κ3) is 6.94. The molecule has 2 rings (SSSR count). The molecule has 6 heteroatoms. The largest absolute Gasteiger partial charge is 0.444 e. The fraction of sp³-hybridized carbons (Fsp3) is 0.789. The lowest BCUT2D eigenvalue weighted by atomic mass is 9.98. The van der Waals surface area contributed by atoms with E-state index in [1.54, 1.807) is 11.3 Å². The van der Waals surface area contributed by atoms with Crippen molar-refractivity contribution in [3.05, 3.63) is 16.1 Å². The molecule has 5 nitrogen and oxygen atoms in total. The summed E-state index contributed by atoms with van der Waals surface area (Å²) < 4.78 is 5.52. The van der Waals surface area contributed by atoms with Gasteiger partial charge in [-0.05, 0) is 46.6 Å². The predicted octanol–water partition coefficient (Wildman–Crippen LogP) is 4.32. The van der Waals surface area contributed by atoms with Gasteiger partial charge in [0.1, 0.15) is 5.60 Å². The van der Waals surface area contributed by atoms with Crippen LogP contribution < -0.4 is 5.32 Å². The van der Waals surface area contributed by atoms with Crippen LogP contribution in [0.1, 0.15) is 70.7 Å². The van der Waals surface area contributed by atoms with Crippen molar-refractivity contribution in [1.82, 2.24) is 15.2 Å². The summed E-state index contributed by atoms with van der Waals surface area (Å²) in [6, 6.07) is 0.380. The molecular formula is C19H33N3O2S. The normalized spacial score (nSPS) is 15.3. The highest BCUT2D eigenvalue weighted by Gasteiger charge is 2.34. The average molecular weight is 368 g/mol. The van der Waals surface area contributed by atoms with Gasteiger partial charge in [-0.3, -0.25) is 0 Å². The molecule has 1 N–H and O–H groups in total. The van der Waals surface area contributed by atoms with Gasteiger partial charge in [0, 0.05) is 35.6 Å². The Morgan fingerprint density at radius 3 is 2.52 bits per heavy atom. The SMILES string of the molecule is CC(C)(C)OC(=O)N(CCCNCc1cnc(C(C)(C)C)s1)C1CC1. The minimum atomic E-state index is -0.431. The molecule has 0 radical (unpaired) electrons. The van der Waals surface area contributed by atoms with E-state index < -0.39 is 5.60 Å². The third-order valence-electron chi connectivity index (χ3n) is 3.86. The number of carbonyl (C=O) groups is 1. The summed E-state index contributed by atoms with van der Waals surface area (Å²) in [6.07, 6.45) is 4.93. The van der Waals surface area contributed by atoms with Crippen LogP contribution in [0, 0.1) is 0 Å². The molecule has 1 aromatic rings. The van der Waals surface area contributed by atoms with Crippen LogP contribution in [-0.4, -0.2) is 40.7 Å². The lowest BCUT2D eigenvalue weighted by molar-refractivity contribution is 0.0232. The highest BCUT2D eigenvalue weighted by atomic mass is 32.1. The van der Waals surface area contributed by atoms with Gasteiger partial charge in [-0.1, -0.05) is 20.8 Å². The average Bonchev–Trinajstić information content (AvgIpc) is 3.16. The van der Waals surface area contributed by atoms with Gasteiger partial charge in [0.2, 0.25) is 0 Å². The van der Waals surface area contributed by atoms with Crippen molar-refractivity contribution >= 4 is 17.4 Å². The molecule has 0 bridgehead atoms. The fourth-order valence-electron chi connectivity index (χ4n) is 2.45. The van der Waals surface area contributed by atoms with Crippen molar-refractivity contribution in [2.75, 3.05) is 13.1 Å². The molecule has 0 atom stereocenters. The van der Waals surface area contributed by atoms with Crippen LogP contribution in [0.2, 0.25) is 0 Å². The lowest BCUT2D eigenvalue weighted by Crippen LogP contribution is -2.39. The van der Waals surface area contributed by atoms with Gasteiger partial charge in [0.05, 0.1) is 5.01 Å². The number of hydrogen-bond acceptors (Lipinski definition) is 5. The second-order valence-corrected chi connectivity index (χ2v) is 9.93. The first-order valence-electron chi connectivity index (χ1n) is 9.22. The number of carbonyl (C=O) groups excluding carboxylic acids is 1. The highest BCUT2D eigenvalue weighted by Crippen LogP contribution is 2.29. The minimum Gasteiger partial charge on any atom is -0.444 e. The highest BCUT2D eigenvalue weighted by molar-refractivity contribution is 7.11. The molecule has 0 aliphatic heterocycles. The summed E-state index contributed by atoms with van der Waals surface area (Å²) in [6.45, 7) is 14.8. The Bertz CT molecular complexity index is 568. The number of thiazole rings is 1. The van der Waals surface area contributed by atoms with E-state index in [4.69, 9.17) is 4.74 Å². The van der Waals surface area contributed by atoms with Gasteiger partial charge < -0.3 is 15.0 Å². The van der Waals surface area contributed by atoms with Crippen molar-refractivity contribution < 1.29 is 9.53 Å². The quantitative estimate of drug-likeness (QED) is 0.729. The van der Waals surface area contributed by atoms with Crippen LogP contribution >= 0.6 is 11.3 Å². The minimum absolute atomic E-state index is 0.112. The Balaban J connectivity index is 1.70. The van der Waals surface area contributed by atoms with E-state index in [9.17, 15) is 4.79 Å². The summed E-state index contributed by atoms with van der Waals surface area (Å²) in [7, 11) is 0. The molecule has 25 heavy (non-hydrogen) atoms. The Kier molecular flexibility index (Phi) is 6.49. The monoisotopic (exact) mass is 367 g/mol. The smallest absolute Gasteiger partial charge is 0.410 e. The molecule has 1 heterocycles. The van der Waals surface area contributed by atoms with E-state index >= 15 is 0 Å². The number of ether oxygens (including phenoxy) is 1. The molecule has 1 aromatic heterocycles. The molecule has 0 spiro atoms. The zero-order valence-corrected chi connectivity index (χ0v) is 17.3. The first-order chi connectivity index (χ1) is 11.6. The van der Waals surface area contributed by atoms with Crippen LogP contribution in [0.3, 0.4) is 0 Å². The van der Waals surface area contributed by atoms with E-state index in [1.165, 1.54) is 9.88 Å². The molecular weight excluding hydrogens is 334 g/mol. The number of nitrogens with one attached hydrogen (secondary N) is 1. The summed E-state index contributed by atoms with van der Waals surface area (Å²) in [5.41, 5.74) is -0.319. The second kappa shape index (κ2) is 8.04. The van der Waals surface area contributed by atoms with Crippen molar-refractivity contribution in [3.8, 4) is 0 Å². The molecule has 1 fully saturated rings. The van der Waals surface area contributed by atoms with Gasteiger partial charge in [0.15, 0.2) is 0 Å². The van der Waals surface area contributed by atoms with Crippen LogP contribution in [0.25, 0.3) is 0 Å². The van der Waals surface area contributed by atoms with Crippen LogP contribution in [0.4, 0.5) is 4.79 Å². The number of hydrogen-bond donors (Lipinski definition) is 1. The van der Waals surface area contributed by atoms with Crippen molar-refractivity contribution in [2.24, 2.45) is 0 Å². The summed E-state index contributed by atoms with van der Waals surface area (Å²) in [4.78, 5) is 20.0. The Labute approximate surface area is 156 Å². The standard InChI is InChI=1S/C19H33N3O2S/c1-18(2,3)16-21-13-15(25-16)12-20-10-7-11-22(14-8-9-14)17(23)24-19(4,5)6/h13-14,20H,7-12H2,1-6H3. The molecule has 1 amide bonds. The van der Waals surface area contributed by atoms with E-state index in [0.717, 1.165) is 38.9 Å². The zero-order valence-electron chi connectivity index (χ0n) is 16.5. The molecule has 1 aliphatic rings. The van der Waals surface area contributed by atoms with E-state index in [2.05, 4.69) is 31.1 Å². The lowest BCUT2D eigenvalue weighted by Gasteiger charge is -2.27. The molecule has 0 aromatic carbocycles. The first kappa shape index (κ1) is 20.2. The second-order valence-electron chi connectivity index (χ2n) is 8.82. The van der Waals surface area contributed by atoms with Crippen molar-refractivity contribution in [1.29, 1.82) is 0 Å². The summed E-state index contributed by atoms with van der Waals surface area (Å²) in [5.74, 6) is 0. The van der Waals surface area contributed by atoms with E-state index in [-0.39, 0.29) is 11.5 Å². The van der Waals surface area contributed by atoms with Gasteiger partial charge in [-0.25, -0.2) is 9.78 Å². The molecule has 1 saturated carbocycles. The Morgan fingerprint density at radius 1 is 1.32 bits per heavy atom. The Hall–Kier alpha value is -1.14. The Morgan fingerprint density at radius 2 is 2.00 bits per heavy atom. The predicted molar refractivity (Wildman–Crippen MR) is 103 cm³/mol. The van der Waals surface area contributed by atoms with Crippen LogP contribution in [0.15, 0.2) is 6.20 Å². The van der Waals surface area contributed by atoms with Crippen molar-refractivity contribution in [2.45, 2.75) is 84.4 Å². The van der Waals surface area contributed by atoms with E-state index in [1.807, 2.05) is 31.9 Å². The molecule has 0 unspecified atom stereocenters. The summed E-state index contributed by atoms with van der Waals surface area (Å²) >= 11 is 1.77. The number of nitrogens with zero attached hydrogens (tertiary/aromatic N) is 2. The number of aromatic nitrogens is 1. The number of amides is 1. The molecule has 0 saturated heterocycles. The van der Waals surface area contributed by atoms with Crippen LogP contribution in [0.5, 0.6) is 0 Å². The maximum Gasteiger partial charge on any atom is 0.410 e. The van der Waals surface area contributed by atoms with E-state index in [0.29, 0.717) is 6.04 Å². The third-order valence-corrected chi connectivity index (χ3v) is 5.29. The number of rotatable bonds is 7.